The molecule has 2 heteroatoms. The van der Waals surface area contributed by atoms with Gasteiger partial charge in [0.05, 0.1) is 5.60 Å². The minimum absolute atomic E-state index is 0.211. The minimum Gasteiger partial charge on any atom is -0.372 e. The summed E-state index contributed by atoms with van der Waals surface area (Å²) in [6.45, 7) is 10.9. The molecule has 1 nitrogen and oxygen atoms in total. The molecule has 0 bridgehead atoms. The van der Waals surface area contributed by atoms with Gasteiger partial charge in [-0.1, -0.05) is 41.1 Å². The van der Waals surface area contributed by atoms with E-state index >= 15 is 0 Å². The zero-order valence-electron chi connectivity index (χ0n) is 12.3. The van der Waals surface area contributed by atoms with Crippen LogP contribution in [0.2, 0.25) is 0 Å². The van der Waals surface area contributed by atoms with Crippen molar-refractivity contribution in [3.63, 3.8) is 0 Å². The molecule has 1 aromatic rings. The van der Waals surface area contributed by atoms with Crippen LogP contribution in [0, 0.1) is 0 Å². The Hall–Kier alpha value is -0.600. The molecule has 1 atom stereocenters. The second-order valence-electron chi connectivity index (χ2n) is 5.46. The highest BCUT2D eigenvalue weighted by molar-refractivity contribution is 9.10. The molecule has 1 aromatic carbocycles. The van der Waals surface area contributed by atoms with E-state index in [1.165, 1.54) is 18.4 Å². The summed E-state index contributed by atoms with van der Waals surface area (Å²) < 4.78 is 6.97. The van der Waals surface area contributed by atoms with Crippen molar-refractivity contribution in [3.8, 4) is 0 Å². The first-order valence-corrected chi connectivity index (χ1v) is 7.81. The van der Waals surface area contributed by atoms with Crippen LogP contribution in [0.1, 0.15) is 51.5 Å². The highest BCUT2D eigenvalue weighted by Crippen LogP contribution is 2.27. The molecule has 19 heavy (non-hydrogen) atoms. The quantitative estimate of drug-likeness (QED) is 0.440. The molecule has 106 valence electrons. The molecule has 0 amide bonds. The van der Waals surface area contributed by atoms with Gasteiger partial charge in [0.2, 0.25) is 0 Å². The third kappa shape index (κ3) is 5.92. The van der Waals surface area contributed by atoms with Gasteiger partial charge in [-0.25, -0.2) is 0 Å². The average molecular weight is 325 g/mol. The van der Waals surface area contributed by atoms with Crippen molar-refractivity contribution in [1.29, 1.82) is 0 Å². The molecule has 0 saturated carbocycles. The number of halogens is 1. The Morgan fingerprint density at radius 3 is 2.74 bits per heavy atom. The van der Waals surface area contributed by atoms with Crippen LogP contribution in [0.3, 0.4) is 0 Å². The summed E-state index contributed by atoms with van der Waals surface area (Å²) in [5, 5.41) is 0. The lowest BCUT2D eigenvalue weighted by molar-refractivity contribution is 0.0172. The van der Waals surface area contributed by atoms with Crippen LogP contribution in [0.15, 0.2) is 41.4 Å². The van der Waals surface area contributed by atoms with E-state index in [1.807, 2.05) is 19.9 Å². The van der Waals surface area contributed by atoms with Crippen LogP contribution >= 0.6 is 15.9 Å². The van der Waals surface area contributed by atoms with Crippen molar-refractivity contribution < 1.29 is 4.74 Å². The Morgan fingerprint density at radius 2 is 2.16 bits per heavy atom. The summed E-state index contributed by atoms with van der Waals surface area (Å²) in [5.41, 5.74) is 1.21. The highest BCUT2D eigenvalue weighted by atomic mass is 79.9. The predicted molar refractivity (Wildman–Crippen MR) is 86.6 cm³/mol. The standard InChI is InChI=1S/C17H25BrO/c1-5-14(15-9-7-11-16(18)13-15)10-8-12-19-17(3,4)6-2/h6-7,9,11,13-14H,2,5,8,10,12H2,1,3-4H3. The van der Waals surface area contributed by atoms with Gasteiger partial charge in [-0.3, -0.25) is 0 Å². The van der Waals surface area contributed by atoms with E-state index in [-0.39, 0.29) is 5.60 Å². The van der Waals surface area contributed by atoms with Gasteiger partial charge in [0.25, 0.3) is 0 Å². The topological polar surface area (TPSA) is 9.23 Å². The molecule has 1 unspecified atom stereocenters. The lowest BCUT2D eigenvalue weighted by atomic mass is 9.92. The molecule has 0 heterocycles. The summed E-state index contributed by atoms with van der Waals surface area (Å²) in [6.07, 6.45) is 5.28. The Morgan fingerprint density at radius 1 is 1.42 bits per heavy atom. The minimum atomic E-state index is -0.211. The maximum absolute atomic E-state index is 5.81. The number of hydrogen-bond donors (Lipinski definition) is 0. The van der Waals surface area contributed by atoms with Gasteiger partial charge in [-0.05, 0) is 56.7 Å². The summed E-state index contributed by atoms with van der Waals surface area (Å²) in [4.78, 5) is 0. The largest absolute Gasteiger partial charge is 0.372 e. The van der Waals surface area contributed by atoms with Gasteiger partial charge in [-0.15, -0.1) is 6.58 Å². The van der Waals surface area contributed by atoms with Crippen molar-refractivity contribution in [2.24, 2.45) is 0 Å². The summed E-state index contributed by atoms with van der Waals surface area (Å²) >= 11 is 3.54. The third-order valence-electron chi connectivity index (χ3n) is 3.48. The first-order chi connectivity index (χ1) is 8.98. The van der Waals surface area contributed by atoms with Crippen LogP contribution in [0.4, 0.5) is 0 Å². The van der Waals surface area contributed by atoms with E-state index in [4.69, 9.17) is 4.74 Å². The zero-order chi connectivity index (χ0) is 14.3. The van der Waals surface area contributed by atoms with Crippen LogP contribution in [0.5, 0.6) is 0 Å². The Balaban J connectivity index is 2.44. The third-order valence-corrected chi connectivity index (χ3v) is 3.97. The molecular weight excluding hydrogens is 300 g/mol. The molecule has 0 aliphatic carbocycles. The molecule has 0 spiro atoms. The maximum Gasteiger partial charge on any atom is 0.0803 e. The monoisotopic (exact) mass is 324 g/mol. The van der Waals surface area contributed by atoms with Crippen molar-refractivity contribution in [3.05, 3.63) is 47.0 Å². The molecule has 0 radical (unpaired) electrons. The predicted octanol–water partition coefficient (Wildman–Crippen LogP) is 5.70. The normalized spacial score (nSPS) is 13.3. The van der Waals surface area contributed by atoms with Crippen LogP contribution in [-0.2, 0) is 4.74 Å². The molecule has 0 N–H and O–H groups in total. The van der Waals surface area contributed by atoms with Gasteiger partial charge < -0.3 is 4.74 Å². The van der Waals surface area contributed by atoms with Crippen LogP contribution < -0.4 is 0 Å². The van der Waals surface area contributed by atoms with Gasteiger partial charge in [0.1, 0.15) is 0 Å². The fourth-order valence-electron chi connectivity index (χ4n) is 2.09. The molecule has 0 aliphatic heterocycles. The lowest BCUT2D eigenvalue weighted by Crippen LogP contribution is -2.21. The first-order valence-electron chi connectivity index (χ1n) is 7.01. The van der Waals surface area contributed by atoms with Gasteiger partial charge in [0, 0.05) is 11.1 Å². The van der Waals surface area contributed by atoms with Crippen molar-refractivity contribution >= 4 is 15.9 Å². The summed E-state index contributed by atoms with van der Waals surface area (Å²) in [5.74, 6) is 0.618. The zero-order valence-corrected chi connectivity index (χ0v) is 13.9. The number of ether oxygens (including phenoxy) is 1. The molecule has 0 fully saturated rings. The second-order valence-corrected chi connectivity index (χ2v) is 6.37. The number of benzene rings is 1. The Kier molecular flexibility index (Phi) is 6.81. The molecular formula is C17H25BrO. The van der Waals surface area contributed by atoms with E-state index in [0.29, 0.717) is 5.92 Å². The molecule has 0 saturated heterocycles. The molecule has 1 rings (SSSR count). The van der Waals surface area contributed by atoms with E-state index in [9.17, 15) is 0 Å². The Labute approximate surface area is 126 Å². The van der Waals surface area contributed by atoms with E-state index in [2.05, 4.69) is 53.7 Å². The summed E-state index contributed by atoms with van der Waals surface area (Å²) in [7, 11) is 0. The highest BCUT2D eigenvalue weighted by Gasteiger charge is 2.14. The van der Waals surface area contributed by atoms with Gasteiger partial charge in [-0.2, -0.15) is 0 Å². The SMILES string of the molecule is C=CC(C)(C)OCCCC(CC)c1cccc(Br)c1. The van der Waals surface area contributed by atoms with Gasteiger partial charge in [0.15, 0.2) is 0 Å². The molecule has 0 aliphatic rings. The van der Waals surface area contributed by atoms with E-state index in [1.54, 1.807) is 0 Å². The molecule has 0 aromatic heterocycles. The summed E-state index contributed by atoms with van der Waals surface area (Å²) in [6, 6.07) is 8.63. The smallest absolute Gasteiger partial charge is 0.0803 e. The van der Waals surface area contributed by atoms with Crippen LogP contribution in [0.25, 0.3) is 0 Å². The average Bonchev–Trinajstić information content (AvgIpc) is 2.39. The second kappa shape index (κ2) is 7.86. The fourth-order valence-corrected chi connectivity index (χ4v) is 2.51. The first kappa shape index (κ1) is 16.5. The van der Waals surface area contributed by atoms with Crippen molar-refractivity contribution in [2.75, 3.05) is 6.61 Å². The van der Waals surface area contributed by atoms with E-state index < -0.39 is 0 Å². The lowest BCUT2D eigenvalue weighted by Gasteiger charge is -2.22. The maximum atomic E-state index is 5.81. The number of rotatable bonds is 8. The van der Waals surface area contributed by atoms with Crippen LogP contribution in [-0.4, -0.2) is 12.2 Å². The number of hydrogen-bond acceptors (Lipinski definition) is 1. The fraction of sp³-hybridized carbons (Fsp3) is 0.529. The van der Waals surface area contributed by atoms with Gasteiger partial charge >= 0.3 is 0 Å². The van der Waals surface area contributed by atoms with E-state index in [0.717, 1.165) is 17.5 Å². The van der Waals surface area contributed by atoms with Crippen molar-refractivity contribution in [1.82, 2.24) is 0 Å². The van der Waals surface area contributed by atoms with Crippen molar-refractivity contribution in [2.45, 2.75) is 51.6 Å². The Bertz CT molecular complexity index is 398.